The molecule has 1 unspecified atom stereocenters. The second kappa shape index (κ2) is 6.68. The second-order valence-electron chi connectivity index (χ2n) is 4.39. The van der Waals surface area contributed by atoms with E-state index in [0.717, 1.165) is 0 Å². The molecule has 6 nitrogen and oxygen atoms in total. The smallest absolute Gasteiger partial charge is 0.345 e. The third-order valence-electron chi connectivity index (χ3n) is 2.37. The molecule has 1 heterocycles. The van der Waals surface area contributed by atoms with Gasteiger partial charge in [-0.15, -0.1) is 0 Å². The van der Waals surface area contributed by atoms with Crippen molar-refractivity contribution in [3.05, 3.63) is 11.6 Å². The van der Waals surface area contributed by atoms with Gasteiger partial charge in [-0.2, -0.15) is 0 Å². The summed E-state index contributed by atoms with van der Waals surface area (Å²) in [7, 11) is 0. The lowest BCUT2D eigenvalue weighted by Crippen LogP contribution is -2.23. The maximum Gasteiger partial charge on any atom is 0.345 e. The van der Waals surface area contributed by atoms with Crippen molar-refractivity contribution in [2.45, 2.75) is 39.6 Å². The van der Waals surface area contributed by atoms with Crippen molar-refractivity contribution in [3.63, 3.8) is 0 Å². The van der Waals surface area contributed by atoms with Gasteiger partial charge in [0.05, 0.1) is 19.8 Å². The minimum atomic E-state index is -0.727. The molecule has 0 aromatic heterocycles. The van der Waals surface area contributed by atoms with E-state index in [2.05, 4.69) is 0 Å². The molecule has 1 saturated heterocycles. The third-order valence-corrected chi connectivity index (χ3v) is 2.37. The van der Waals surface area contributed by atoms with Gasteiger partial charge in [0, 0.05) is 0 Å². The quantitative estimate of drug-likeness (QED) is 0.324. The first-order valence-corrected chi connectivity index (χ1v) is 6.27. The molecule has 0 aromatic carbocycles. The zero-order chi connectivity index (χ0) is 14.5. The molecular weight excluding hydrogens is 252 g/mol. The maximum absolute atomic E-state index is 11.7. The minimum absolute atomic E-state index is 0.157. The van der Waals surface area contributed by atoms with Crippen LogP contribution in [0.2, 0.25) is 0 Å². The minimum Gasteiger partial charge on any atom is -0.462 e. The van der Waals surface area contributed by atoms with Gasteiger partial charge in [0.1, 0.15) is 11.7 Å². The topological polar surface area (TPSA) is 71.1 Å². The van der Waals surface area contributed by atoms with E-state index >= 15 is 0 Å². The largest absolute Gasteiger partial charge is 0.462 e. The summed E-state index contributed by atoms with van der Waals surface area (Å²) in [5.74, 6) is -2.15. The van der Waals surface area contributed by atoms with E-state index in [1.165, 1.54) is 6.08 Å². The van der Waals surface area contributed by atoms with Gasteiger partial charge in [-0.25, -0.2) is 9.59 Å². The van der Waals surface area contributed by atoms with Crippen LogP contribution < -0.4 is 0 Å². The molecule has 0 aromatic rings. The SMILES string of the molecule is CCOC(=O)C(=CC1COC(C)(C)O1)C(=O)OCC. The summed E-state index contributed by atoms with van der Waals surface area (Å²) in [4.78, 5) is 23.4. The molecule has 108 valence electrons. The summed E-state index contributed by atoms with van der Waals surface area (Å²) in [6, 6.07) is 0. The summed E-state index contributed by atoms with van der Waals surface area (Å²) in [6.45, 7) is 7.49. The number of hydrogen-bond acceptors (Lipinski definition) is 6. The number of rotatable bonds is 5. The van der Waals surface area contributed by atoms with Gasteiger partial charge >= 0.3 is 11.9 Å². The maximum atomic E-state index is 11.7. The van der Waals surface area contributed by atoms with Crippen molar-refractivity contribution in [3.8, 4) is 0 Å². The van der Waals surface area contributed by atoms with Crippen molar-refractivity contribution in [1.29, 1.82) is 0 Å². The van der Waals surface area contributed by atoms with Crippen LogP contribution in [0.1, 0.15) is 27.7 Å². The van der Waals surface area contributed by atoms with E-state index in [9.17, 15) is 9.59 Å². The Morgan fingerprint density at radius 3 is 2.11 bits per heavy atom. The molecular formula is C13H20O6. The number of hydrogen-bond donors (Lipinski definition) is 0. The lowest BCUT2D eigenvalue weighted by atomic mass is 10.2. The van der Waals surface area contributed by atoms with Gasteiger partial charge in [0.2, 0.25) is 0 Å². The first-order valence-electron chi connectivity index (χ1n) is 6.27. The molecule has 1 aliphatic rings. The predicted octanol–water partition coefficient (Wildman–Crippen LogP) is 1.19. The zero-order valence-electron chi connectivity index (χ0n) is 11.7. The Morgan fingerprint density at radius 2 is 1.74 bits per heavy atom. The van der Waals surface area contributed by atoms with Crippen LogP contribution in [0.25, 0.3) is 0 Å². The molecule has 0 N–H and O–H groups in total. The predicted molar refractivity (Wildman–Crippen MR) is 66.3 cm³/mol. The van der Waals surface area contributed by atoms with E-state index in [1.54, 1.807) is 27.7 Å². The van der Waals surface area contributed by atoms with Gasteiger partial charge in [-0.05, 0) is 33.8 Å². The molecule has 1 fully saturated rings. The van der Waals surface area contributed by atoms with Crippen LogP contribution in [0.15, 0.2) is 11.6 Å². The molecule has 0 saturated carbocycles. The van der Waals surface area contributed by atoms with Crippen LogP contribution >= 0.6 is 0 Å². The van der Waals surface area contributed by atoms with Gasteiger partial charge in [0.25, 0.3) is 0 Å². The highest BCUT2D eigenvalue weighted by molar-refractivity contribution is 6.14. The third kappa shape index (κ3) is 4.65. The first kappa shape index (κ1) is 15.7. The van der Waals surface area contributed by atoms with E-state index in [-0.39, 0.29) is 25.4 Å². The molecule has 19 heavy (non-hydrogen) atoms. The van der Waals surface area contributed by atoms with Crippen LogP contribution in [0.3, 0.4) is 0 Å². The van der Waals surface area contributed by atoms with E-state index in [1.807, 2.05) is 0 Å². The highest BCUT2D eigenvalue weighted by Crippen LogP contribution is 2.24. The van der Waals surface area contributed by atoms with Crippen LogP contribution in [-0.2, 0) is 28.5 Å². The fourth-order valence-corrected chi connectivity index (χ4v) is 1.62. The summed E-state index contributed by atoms with van der Waals surface area (Å²) in [6.07, 6.45) is 0.920. The first-order chi connectivity index (χ1) is 8.89. The molecule has 0 radical (unpaired) electrons. The van der Waals surface area contributed by atoms with Crippen molar-refractivity contribution < 1.29 is 28.5 Å². The summed E-state index contributed by atoms with van der Waals surface area (Å²) in [5, 5.41) is 0. The van der Waals surface area contributed by atoms with Crippen molar-refractivity contribution in [2.24, 2.45) is 0 Å². The standard InChI is InChI=1S/C13H20O6/c1-5-16-11(14)10(12(15)17-6-2)7-9-8-18-13(3,4)19-9/h7,9H,5-6,8H2,1-4H3. The van der Waals surface area contributed by atoms with E-state index in [0.29, 0.717) is 0 Å². The van der Waals surface area contributed by atoms with E-state index in [4.69, 9.17) is 18.9 Å². The van der Waals surface area contributed by atoms with Crippen molar-refractivity contribution in [2.75, 3.05) is 19.8 Å². The Kier molecular flexibility index (Phi) is 5.50. The molecule has 0 bridgehead atoms. The van der Waals surface area contributed by atoms with Gasteiger partial charge in [0.15, 0.2) is 5.79 Å². The molecule has 1 aliphatic heterocycles. The Labute approximate surface area is 112 Å². The van der Waals surface area contributed by atoms with E-state index < -0.39 is 23.8 Å². The molecule has 0 aliphatic carbocycles. The Hall–Kier alpha value is -1.40. The molecule has 0 spiro atoms. The van der Waals surface area contributed by atoms with Crippen molar-refractivity contribution >= 4 is 11.9 Å². The fourth-order valence-electron chi connectivity index (χ4n) is 1.62. The normalized spacial score (nSPS) is 20.7. The molecule has 0 amide bonds. The number of carbonyl (C=O) groups excluding carboxylic acids is 2. The highest BCUT2D eigenvalue weighted by Gasteiger charge is 2.33. The lowest BCUT2D eigenvalue weighted by Gasteiger charge is -2.16. The van der Waals surface area contributed by atoms with Crippen LogP contribution in [0.5, 0.6) is 0 Å². The van der Waals surface area contributed by atoms with Gasteiger partial charge in [-0.3, -0.25) is 0 Å². The summed E-state index contributed by atoms with van der Waals surface area (Å²) in [5.41, 5.74) is -0.157. The van der Waals surface area contributed by atoms with Gasteiger partial charge in [-0.1, -0.05) is 0 Å². The number of ether oxygens (including phenoxy) is 4. The van der Waals surface area contributed by atoms with Crippen molar-refractivity contribution in [1.82, 2.24) is 0 Å². The number of esters is 2. The zero-order valence-corrected chi connectivity index (χ0v) is 11.7. The Balaban J connectivity index is 2.84. The fraction of sp³-hybridized carbons (Fsp3) is 0.692. The molecule has 1 atom stereocenters. The summed E-state index contributed by atoms with van der Waals surface area (Å²) >= 11 is 0. The summed E-state index contributed by atoms with van der Waals surface area (Å²) < 4.78 is 20.5. The molecule has 6 heteroatoms. The molecule has 1 rings (SSSR count). The monoisotopic (exact) mass is 272 g/mol. The highest BCUT2D eigenvalue weighted by atomic mass is 16.7. The Morgan fingerprint density at radius 1 is 1.21 bits per heavy atom. The van der Waals surface area contributed by atoms with Gasteiger partial charge < -0.3 is 18.9 Å². The van der Waals surface area contributed by atoms with Crippen LogP contribution in [0, 0.1) is 0 Å². The second-order valence-corrected chi connectivity index (χ2v) is 4.39. The van der Waals surface area contributed by atoms with Crippen LogP contribution in [-0.4, -0.2) is 43.7 Å². The average Bonchev–Trinajstić information content (AvgIpc) is 2.66. The Bertz CT molecular complexity index is 351. The van der Waals surface area contributed by atoms with Crippen LogP contribution in [0.4, 0.5) is 0 Å². The average molecular weight is 272 g/mol. The number of carbonyl (C=O) groups is 2. The lowest BCUT2D eigenvalue weighted by molar-refractivity contribution is -0.147.